The maximum Gasteiger partial charge on any atom is 0.244 e. The molecule has 1 atom stereocenters. The van der Waals surface area contributed by atoms with Crippen LogP contribution in [-0.4, -0.2) is 67.0 Å². The lowest BCUT2D eigenvalue weighted by molar-refractivity contribution is -0.130. The minimum Gasteiger partial charge on any atom is -0.357 e. The molecular formula is C23H39N5O. The van der Waals surface area contributed by atoms with Crippen LogP contribution in [0, 0.1) is 0 Å². The van der Waals surface area contributed by atoms with Crippen molar-refractivity contribution in [3.05, 3.63) is 35.4 Å². The van der Waals surface area contributed by atoms with Crippen LogP contribution in [0.2, 0.25) is 0 Å². The zero-order chi connectivity index (χ0) is 21.1. The van der Waals surface area contributed by atoms with Crippen molar-refractivity contribution in [2.75, 3.05) is 39.3 Å². The molecule has 6 nitrogen and oxygen atoms in total. The second-order valence-electron chi connectivity index (χ2n) is 7.74. The van der Waals surface area contributed by atoms with Crippen LogP contribution in [0.1, 0.15) is 51.7 Å². The van der Waals surface area contributed by atoms with Crippen molar-refractivity contribution >= 4 is 11.9 Å². The Labute approximate surface area is 176 Å². The van der Waals surface area contributed by atoms with Crippen molar-refractivity contribution in [1.29, 1.82) is 0 Å². The number of hydrogen-bond acceptors (Lipinski definition) is 3. The molecule has 2 rings (SSSR count). The fourth-order valence-electron chi connectivity index (χ4n) is 3.74. The summed E-state index contributed by atoms with van der Waals surface area (Å²) < 4.78 is 0. The van der Waals surface area contributed by atoms with E-state index in [1.807, 2.05) is 17.9 Å². The van der Waals surface area contributed by atoms with E-state index in [4.69, 9.17) is 0 Å². The van der Waals surface area contributed by atoms with Gasteiger partial charge < -0.3 is 20.4 Å². The molecular weight excluding hydrogens is 362 g/mol. The molecule has 1 unspecified atom stereocenters. The number of carbonyl (C=O) groups is 1. The third-order valence-electron chi connectivity index (χ3n) is 5.59. The molecule has 1 aliphatic rings. The average Bonchev–Trinajstić information content (AvgIpc) is 2.74. The number of fused-ring (bicyclic) bond motifs is 1. The fourth-order valence-corrected chi connectivity index (χ4v) is 3.74. The lowest BCUT2D eigenvalue weighted by Gasteiger charge is -2.28. The van der Waals surface area contributed by atoms with Gasteiger partial charge in [0, 0.05) is 25.7 Å². The number of hydrogen-bond donors (Lipinski definition) is 2. The minimum atomic E-state index is 0.0888. The van der Waals surface area contributed by atoms with Gasteiger partial charge in [0.15, 0.2) is 5.96 Å². The highest BCUT2D eigenvalue weighted by Gasteiger charge is 2.20. The Hall–Kier alpha value is -2.08. The van der Waals surface area contributed by atoms with Gasteiger partial charge in [0.25, 0.3) is 0 Å². The molecule has 0 aromatic heterocycles. The first kappa shape index (κ1) is 23.2. The smallest absolute Gasteiger partial charge is 0.244 e. The molecule has 1 heterocycles. The Balaban J connectivity index is 1.82. The summed E-state index contributed by atoms with van der Waals surface area (Å²) in [5.41, 5.74) is 2.61. The number of nitrogens with one attached hydrogen (secondary N) is 2. The maximum atomic E-state index is 12.7. The highest BCUT2D eigenvalue weighted by atomic mass is 16.2. The Kier molecular flexibility index (Phi) is 9.98. The summed E-state index contributed by atoms with van der Waals surface area (Å²) in [6.45, 7) is 14.4. The van der Waals surface area contributed by atoms with Gasteiger partial charge in [0.2, 0.25) is 5.91 Å². The highest BCUT2D eigenvalue weighted by Crippen LogP contribution is 2.18. The molecule has 0 spiro atoms. The predicted octanol–water partition coefficient (Wildman–Crippen LogP) is 2.64. The lowest BCUT2D eigenvalue weighted by Crippen LogP contribution is -2.43. The molecule has 1 aromatic rings. The molecule has 0 saturated heterocycles. The van der Waals surface area contributed by atoms with Gasteiger partial charge in [0.05, 0.1) is 0 Å². The maximum absolute atomic E-state index is 12.7. The summed E-state index contributed by atoms with van der Waals surface area (Å²) in [4.78, 5) is 21.6. The van der Waals surface area contributed by atoms with Crippen molar-refractivity contribution in [2.24, 2.45) is 4.99 Å². The van der Waals surface area contributed by atoms with Crippen molar-refractivity contribution in [2.45, 2.75) is 59.5 Å². The van der Waals surface area contributed by atoms with Crippen LogP contribution in [0.15, 0.2) is 29.3 Å². The van der Waals surface area contributed by atoms with Crippen LogP contribution in [0.3, 0.4) is 0 Å². The number of aliphatic imine (C=N–C) groups is 1. The van der Waals surface area contributed by atoms with Gasteiger partial charge in [-0.25, -0.2) is 4.99 Å². The number of benzene rings is 1. The summed E-state index contributed by atoms with van der Waals surface area (Å²) in [5, 5.41) is 6.72. The Morgan fingerprint density at radius 2 is 1.93 bits per heavy atom. The second kappa shape index (κ2) is 12.5. The highest BCUT2D eigenvalue weighted by molar-refractivity contribution is 5.85. The van der Waals surface area contributed by atoms with Gasteiger partial charge in [-0.1, -0.05) is 38.1 Å². The van der Waals surface area contributed by atoms with Crippen LogP contribution in [0.5, 0.6) is 0 Å². The summed E-state index contributed by atoms with van der Waals surface area (Å²) >= 11 is 0. The van der Waals surface area contributed by atoms with E-state index < -0.39 is 0 Å². The molecule has 0 bridgehead atoms. The van der Waals surface area contributed by atoms with E-state index in [0.29, 0.717) is 12.6 Å². The monoisotopic (exact) mass is 401 g/mol. The van der Waals surface area contributed by atoms with Gasteiger partial charge in [-0.2, -0.15) is 0 Å². The van der Waals surface area contributed by atoms with Crippen LogP contribution in [-0.2, 0) is 17.8 Å². The third-order valence-corrected chi connectivity index (χ3v) is 5.59. The summed E-state index contributed by atoms with van der Waals surface area (Å²) in [5.74, 6) is 0.819. The topological polar surface area (TPSA) is 60.0 Å². The molecule has 6 heteroatoms. The second-order valence-corrected chi connectivity index (χ2v) is 7.74. The van der Waals surface area contributed by atoms with Crippen LogP contribution >= 0.6 is 0 Å². The Morgan fingerprint density at radius 1 is 1.21 bits per heavy atom. The Bertz CT molecular complexity index is 656. The van der Waals surface area contributed by atoms with Gasteiger partial charge in [-0.3, -0.25) is 4.79 Å². The standard InChI is InChI=1S/C23H39N5O/c1-5-24-23(26-19(4)11-10-15-27(6-2)7-3)25-17-22(29)28-16-14-20-12-8-9-13-21(20)18-28/h8-9,12-13,19H,5-7,10-11,14-18H2,1-4H3,(H2,24,25,26). The summed E-state index contributed by atoms with van der Waals surface area (Å²) in [6.07, 6.45) is 3.16. The van der Waals surface area contributed by atoms with Gasteiger partial charge in [-0.15, -0.1) is 0 Å². The van der Waals surface area contributed by atoms with E-state index in [-0.39, 0.29) is 12.5 Å². The predicted molar refractivity (Wildman–Crippen MR) is 121 cm³/mol. The lowest BCUT2D eigenvalue weighted by atomic mass is 10.00. The normalized spacial score (nSPS) is 15.2. The van der Waals surface area contributed by atoms with Crippen LogP contribution in [0.25, 0.3) is 0 Å². The quantitative estimate of drug-likeness (QED) is 0.467. The summed E-state index contributed by atoms with van der Waals surface area (Å²) in [7, 11) is 0. The minimum absolute atomic E-state index is 0.0888. The molecule has 0 radical (unpaired) electrons. The van der Waals surface area contributed by atoms with Gasteiger partial charge >= 0.3 is 0 Å². The van der Waals surface area contributed by atoms with Crippen LogP contribution < -0.4 is 10.6 Å². The zero-order valence-corrected chi connectivity index (χ0v) is 18.7. The molecule has 1 amide bonds. The van der Waals surface area contributed by atoms with E-state index in [1.165, 1.54) is 11.1 Å². The molecule has 0 fully saturated rings. The number of guanidine groups is 1. The number of carbonyl (C=O) groups excluding carboxylic acids is 1. The number of rotatable bonds is 10. The van der Waals surface area contributed by atoms with Gasteiger partial charge in [-0.05, 0) is 63.9 Å². The first-order valence-corrected chi connectivity index (χ1v) is 11.2. The average molecular weight is 402 g/mol. The molecule has 0 saturated carbocycles. The van der Waals surface area contributed by atoms with Crippen molar-refractivity contribution in [1.82, 2.24) is 20.4 Å². The van der Waals surface area contributed by atoms with Crippen LogP contribution in [0.4, 0.5) is 0 Å². The number of amides is 1. The van der Waals surface area contributed by atoms with E-state index >= 15 is 0 Å². The molecule has 1 aromatic carbocycles. The molecule has 0 aliphatic carbocycles. The number of nitrogens with zero attached hydrogens (tertiary/aromatic N) is 3. The van der Waals surface area contributed by atoms with E-state index in [0.717, 1.165) is 57.9 Å². The molecule has 1 aliphatic heterocycles. The van der Waals surface area contributed by atoms with Crippen molar-refractivity contribution in [3.8, 4) is 0 Å². The van der Waals surface area contributed by atoms with E-state index in [2.05, 4.69) is 59.5 Å². The molecule has 2 N–H and O–H groups in total. The molecule has 29 heavy (non-hydrogen) atoms. The largest absolute Gasteiger partial charge is 0.357 e. The first-order chi connectivity index (χ1) is 14.1. The summed E-state index contributed by atoms with van der Waals surface area (Å²) in [6, 6.07) is 8.70. The van der Waals surface area contributed by atoms with Gasteiger partial charge in [0.1, 0.15) is 6.54 Å². The third kappa shape index (κ3) is 7.69. The van der Waals surface area contributed by atoms with E-state index in [1.54, 1.807) is 0 Å². The SMILES string of the molecule is CCNC(=NCC(=O)N1CCc2ccccc2C1)NC(C)CCCN(CC)CC. The first-order valence-electron chi connectivity index (χ1n) is 11.2. The Morgan fingerprint density at radius 3 is 2.62 bits per heavy atom. The molecule has 162 valence electrons. The zero-order valence-electron chi connectivity index (χ0n) is 18.7. The van der Waals surface area contributed by atoms with Crippen molar-refractivity contribution in [3.63, 3.8) is 0 Å². The fraction of sp³-hybridized carbons (Fsp3) is 0.652. The van der Waals surface area contributed by atoms with Crippen molar-refractivity contribution < 1.29 is 4.79 Å². The van der Waals surface area contributed by atoms with E-state index in [9.17, 15) is 4.79 Å².